The summed E-state index contributed by atoms with van der Waals surface area (Å²) < 4.78 is 0. The summed E-state index contributed by atoms with van der Waals surface area (Å²) in [5.74, 6) is 0. The normalized spacial score (nSPS) is 22.9. The van der Waals surface area contributed by atoms with Gasteiger partial charge in [0.05, 0.1) is 12.1 Å². The number of urea groups is 1. The highest BCUT2D eigenvalue weighted by molar-refractivity contribution is 6.35. The Morgan fingerprint density at radius 3 is 2.63 bits per heavy atom. The maximum absolute atomic E-state index is 11.8. The first kappa shape index (κ1) is 14.4. The number of rotatable bonds is 2. The molecule has 2 amide bonds. The molecule has 4 N–H and O–H groups in total. The van der Waals surface area contributed by atoms with Crippen molar-refractivity contribution in [2.75, 3.05) is 18.4 Å². The molecule has 0 spiro atoms. The molecule has 2 rings (SSSR count). The van der Waals surface area contributed by atoms with Crippen molar-refractivity contribution in [3.05, 3.63) is 28.2 Å². The first-order chi connectivity index (χ1) is 9.04. The molecule has 1 fully saturated rings. The monoisotopic (exact) mass is 303 g/mol. The summed E-state index contributed by atoms with van der Waals surface area (Å²) in [7, 11) is 0. The molecule has 0 radical (unpaired) electrons. The maximum Gasteiger partial charge on any atom is 0.319 e. The molecule has 0 aliphatic carbocycles. The number of carbonyl (C=O) groups is 1. The summed E-state index contributed by atoms with van der Waals surface area (Å²) in [6, 6.07) is 4.08. The van der Waals surface area contributed by atoms with Crippen molar-refractivity contribution in [3.8, 4) is 0 Å². The highest BCUT2D eigenvalue weighted by Crippen LogP contribution is 2.22. The molecule has 7 heteroatoms. The Morgan fingerprint density at radius 1 is 1.32 bits per heavy atom. The molecule has 1 aliphatic heterocycles. The van der Waals surface area contributed by atoms with Crippen LogP contribution < -0.4 is 16.0 Å². The molecule has 2 atom stereocenters. The predicted octanol–water partition coefficient (Wildman–Crippen LogP) is 1.84. The number of nitrogens with one attached hydrogen (secondary N) is 3. The van der Waals surface area contributed by atoms with Crippen molar-refractivity contribution in [2.45, 2.75) is 18.6 Å². The number of carbonyl (C=O) groups excluding carboxylic acids is 1. The fraction of sp³-hybridized carbons (Fsp3) is 0.417. The second kappa shape index (κ2) is 6.43. The van der Waals surface area contributed by atoms with Crippen LogP contribution in [-0.2, 0) is 0 Å². The van der Waals surface area contributed by atoms with E-state index in [-0.39, 0.29) is 6.04 Å². The van der Waals surface area contributed by atoms with Gasteiger partial charge in [-0.2, -0.15) is 0 Å². The van der Waals surface area contributed by atoms with E-state index in [2.05, 4.69) is 16.0 Å². The number of hydrogen-bond donors (Lipinski definition) is 4. The first-order valence-corrected chi connectivity index (χ1v) is 6.72. The van der Waals surface area contributed by atoms with Crippen LogP contribution in [0, 0.1) is 0 Å². The molecule has 1 heterocycles. The summed E-state index contributed by atoms with van der Waals surface area (Å²) in [4.78, 5) is 11.8. The zero-order valence-electron chi connectivity index (χ0n) is 10.1. The third-order valence-corrected chi connectivity index (χ3v) is 3.32. The average Bonchev–Trinajstić information content (AvgIpc) is 2.30. The van der Waals surface area contributed by atoms with Gasteiger partial charge in [0, 0.05) is 22.3 Å². The standard InChI is InChI=1S/C12H15Cl2N3O2/c13-7-3-8(14)5-9(4-7)16-12(19)17-10-6-15-2-1-11(10)18/h3-5,10-11,15,18H,1-2,6H2,(H2,16,17,19). The van der Waals surface area contributed by atoms with Gasteiger partial charge in [0.25, 0.3) is 0 Å². The molecule has 0 saturated carbocycles. The van der Waals surface area contributed by atoms with E-state index < -0.39 is 12.1 Å². The minimum Gasteiger partial charge on any atom is -0.391 e. The van der Waals surface area contributed by atoms with E-state index in [9.17, 15) is 9.90 Å². The van der Waals surface area contributed by atoms with Crippen LogP contribution in [0.3, 0.4) is 0 Å². The van der Waals surface area contributed by atoms with E-state index in [4.69, 9.17) is 23.2 Å². The topological polar surface area (TPSA) is 73.4 Å². The van der Waals surface area contributed by atoms with E-state index >= 15 is 0 Å². The molecular weight excluding hydrogens is 289 g/mol. The first-order valence-electron chi connectivity index (χ1n) is 5.97. The van der Waals surface area contributed by atoms with Crippen LogP contribution in [0.2, 0.25) is 10.0 Å². The van der Waals surface area contributed by atoms with Crippen LogP contribution in [0.5, 0.6) is 0 Å². The van der Waals surface area contributed by atoms with Crippen molar-refractivity contribution in [1.82, 2.24) is 10.6 Å². The van der Waals surface area contributed by atoms with Crippen LogP contribution in [0.4, 0.5) is 10.5 Å². The molecule has 1 aromatic carbocycles. The maximum atomic E-state index is 11.8. The van der Waals surface area contributed by atoms with Gasteiger partial charge in [0.15, 0.2) is 0 Å². The lowest BCUT2D eigenvalue weighted by molar-refractivity contribution is 0.103. The Bertz CT molecular complexity index is 450. The van der Waals surface area contributed by atoms with Crippen LogP contribution in [0.1, 0.15) is 6.42 Å². The second-order valence-electron chi connectivity index (χ2n) is 4.42. The zero-order valence-corrected chi connectivity index (χ0v) is 11.6. The minimum atomic E-state index is -0.532. The van der Waals surface area contributed by atoms with Gasteiger partial charge in [-0.15, -0.1) is 0 Å². The van der Waals surface area contributed by atoms with Crippen molar-refractivity contribution in [1.29, 1.82) is 0 Å². The molecule has 104 valence electrons. The highest BCUT2D eigenvalue weighted by atomic mass is 35.5. The molecular formula is C12H15Cl2N3O2. The molecule has 19 heavy (non-hydrogen) atoms. The predicted molar refractivity (Wildman–Crippen MR) is 75.9 cm³/mol. The van der Waals surface area contributed by atoms with Crippen LogP contribution in [0.15, 0.2) is 18.2 Å². The highest BCUT2D eigenvalue weighted by Gasteiger charge is 2.24. The number of anilines is 1. The lowest BCUT2D eigenvalue weighted by Gasteiger charge is -2.29. The van der Waals surface area contributed by atoms with Gasteiger partial charge in [-0.05, 0) is 31.2 Å². The molecule has 0 aromatic heterocycles. The van der Waals surface area contributed by atoms with Gasteiger partial charge in [-0.1, -0.05) is 23.2 Å². The van der Waals surface area contributed by atoms with Crippen LogP contribution in [-0.4, -0.2) is 36.4 Å². The number of aliphatic hydroxyl groups is 1. The van der Waals surface area contributed by atoms with Crippen molar-refractivity contribution >= 4 is 34.9 Å². The molecule has 2 unspecified atom stereocenters. The Morgan fingerprint density at radius 2 is 2.00 bits per heavy atom. The Kier molecular flexibility index (Phi) is 4.87. The molecule has 1 saturated heterocycles. The minimum absolute atomic E-state index is 0.302. The number of halogens is 2. The number of aliphatic hydroxyl groups excluding tert-OH is 1. The lowest BCUT2D eigenvalue weighted by atomic mass is 10.0. The van der Waals surface area contributed by atoms with E-state index in [1.54, 1.807) is 18.2 Å². The number of benzene rings is 1. The second-order valence-corrected chi connectivity index (χ2v) is 5.30. The third kappa shape index (κ3) is 4.24. The molecule has 1 aliphatic rings. The summed E-state index contributed by atoms with van der Waals surface area (Å²) in [5, 5.41) is 19.1. The lowest BCUT2D eigenvalue weighted by Crippen LogP contribution is -2.54. The number of hydrogen-bond acceptors (Lipinski definition) is 3. The van der Waals surface area contributed by atoms with Gasteiger partial charge in [0.2, 0.25) is 0 Å². The average molecular weight is 304 g/mol. The fourth-order valence-electron chi connectivity index (χ4n) is 1.95. The van der Waals surface area contributed by atoms with Crippen molar-refractivity contribution < 1.29 is 9.90 Å². The van der Waals surface area contributed by atoms with Crippen LogP contribution >= 0.6 is 23.2 Å². The third-order valence-electron chi connectivity index (χ3n) is 2.88. The Balaban J connectivity index is 1.93. The van der Waals surface area contributed by atoms with E-state index in [0.29, 0.717) is 28.7 Å². The quantitative estimate of drug-likeness (QED) is 0.673. The van der Waals surface area contributed by atoms with Crippen molar-refractivity contribution in [3.63, 3.8) is 0 Å². The Hall–Kier alpha value is -1.01. The van der Waals surface area contributed by atoms with E-state index in [1.165, 1.54) is 0 Å². The van der Waals surface area contributed by atoms with E-state index in [0.717, 1.165) is 6.54 Å². The fourth-order valence-corrected chi connectivity index (χ4v) is 2.48. The van der Waals surface area contributed by atoms with E-state index in [1.807, 2.05) is 0 Å². The van der Waals surface area contributed by atoms with Gasteiger partial charge in [-0.25, -0.2) is 4.79 Å². The van der Waals surface area contributed by atoms with Crippen molar-refractivity contribution in [2.24, 2.45) is 0 Å². The number of piperidine rings is 1. The molecule has 5 nitrogen and oxygen atoms in total. The van der Waals surface area contributed by atoms with Gasteiger partial charge in [-0.3, -0.25) is 0 Å². The zero-order chi connectivity index (χ0) is 13.8. The molecule has 0 bridgehead atoms. The summed E-state index contributed by atoms with van der Waals surface area (Å²) >= 11 is 11.7. The van der Waals surface area contributed by atoms with Gasteiger partial charge >= 0.3 is 6.03 Å². The SMILES string of the molecule is O=C(Nc1cc(Cl)cc(Cl)c1)NC1CNCCC1O. The Labute approximate surface area is 121 Å². The summed E-state index contributed by atoms with van der Waals surface area (Å²) in [6.45, 7) is 1.30. The van der Waals surface area contributed by atoms with Crippen LogP contribution in [0.25, 0.3) is 0 Å². The summed E-state index contributed by atoms with van der Waals surface area (Å²) in [5.41, 5.74) is 0.508. The summed E-state index contributed by atoms with van der Waals surface area (Å²) in [6.07, 6.45) is 0.0865. The smallest absolute Gasteiger partial charge is 0.319 e. The molecule has 1 aromatic rings. The largest absolute Gasteiger partial charge is 0.391 e. The number of amides is 2. The van der Waals surface area contributed by atoms with Gasteiger partial charge in [0.1, 0.15) is 0 Å². The van der Waals surface area contributed by atoms with Gasteiger partial charge < -0.3 is 21.1 Å².